The van der Waals surface area contributed by atoms with Gasteiger partial charge in [-0.15, -0.1) is 0 Å². The van der Waals surface area contributed by atoms with Gasteiger partial charge in [-0.1, -0.05) is 232 Å². The molecular formula is C89H110O16SSi2. The molecule has 6 saturated heterocycles. The van der Waals surface area contributed by atoms with Crippen LogP contribution in [-0.4, -0.2) is 152 Å². The minimum Gasteiger partial charge on any atom is -0.462 e. The zero-order valence-electron chi connectivity index (χ0n) is 64.5. The fraction of sp³-hybridized carbons (Fsp3) is 0.506. The number of rotatable bonds is 18. The highest BCUT2D eigenvalue weighted by Crippen LogP contribution is 2.50. The highest BCUT2D eigenvalue weighted by Gasteiger charge is 2.65. The van der Waals surface area contributed by atoms with E-state index in [1.165, 1.54) is 0 Å². The van der Waals surface area contributed by atoms with Gasteiger partial charge in [0.05, 0.1) is 72.0 Å². The van der Waals surface area contributed by atoms with Gasteiger partial charge in [0, 0.05) is 32.1 Å². The number of esters is 2. The Kier molecular flexibility index (Phi) is 24.7. The third-order valence-corrected chi connectivity index (χ3v) is 36.3. The lowest BCUT2D eigenvalue weighted by Crippen LogP contribution is -2.73. The van der Waals surface area contributed by atoms with Crippen molar-refractivity contribution in [2.24, 2.45) is 17.8 Å². The van der Waals surface area contributed by atoms with E-state index in [0.29, 0.717) is 56.9 Å². The van der Waals surface area contributed by atoms with Crippen LogP contribution < -0.4 is 20.7 Å². The number of hydrogen-bond donors (Lipinski definition) is 0. The number of sulfone groups is 1. The maximum absolute atomic E-state index is 16.4. The van der Waals surface area contributed by atoms with E-state index in [2.05, 4.69) is 142 Å². The van der Waals surface area contributed by atoms with Crippen LogP contribution in [0.25, 0.3) is 0 Å². The fourth-order valence-electron chi connectivity index (χ4n) is 18.6. The summed E-state index contributed by atoms with van der Waals surface area (Å²) in [5, 5.41) is 1.35. The standard InChI is InChI=1S/C89H110O16SSi2/c1-12-81(92)96-56-72-58(3)48-63-43-45-74-59(4)49-65(99-74)52-80(106(94,95)66-33-21-14-22-34-66)73(91)53-79-83(104-107(88(6,7)8,67-35-23-15-24-36-67)68-37-25-16-26-38-68)84-85(103-79)86(105-108(89(9,10)11,69-39-27-17-28-40-69)70-41-29-18-30-42-70)82-75(102-84)46-44-64(100-82)50-62(90)51-71-60(5)76(101-77(71)54-78(72)98-63)47-57(2)55-97-87(93)61-31-19-13-20-32-61/h13-42,57,60,63-65,71,74-80,82-86H,4,12,43-56H2,1-3,5-11H3/t57-,60+,63-,64+,65?,71?,74?,75-,76+,77-,78?,79+,80?,82-,83-,84-,85+,86-/m0/s1. The maximum Gasteiger partial charge on any atom is 0.338 e. The third-order valence-electron chi connectivity index (χ3n) is 24.1. The summed E-state index contributed by atoms with van der Waals surface area (Å²) < 4.78 is 105. The largest absolute Gasteiger partial charge is 0.462 e. The average molecular weight is 1520 g/mol. The van der Waals surface area contributed by atoms with Crippen LogP contribution in [0.4, 0.5) is 0 Å². The van der Waals surface area contributed by atoms with Gasteiger partial charge in [0.2, 0.25) is 0 Å². The van der Waals surface area contributed by atoms with Crippen molar-refractivity contribution in [1.29, 1.82) is 0 Å². The number of carbonyl (C=O) groups is 4. The molecule has 6 fully saturated rings. The quantitative estimate of drug-likeness (QED) is 0.0447. The summed E-state index contributed by atoms with van der Waals surface area (Å²) in [5.74, 6) is -1.76. The predicted octanol–water partition coefficient (Wildman–Crippen LogP) is 13.7. The highest BCUT2D eigenvalue weighted by molar-refractivity contribution is 7.92. The second-order valence-electron chi connectivity index (χ2n) is 33.5. The minimum absolute atomic E-state index is 0.00907. The van der Waals surface area contributed by atoms with E-state index >= 15 is 18.0 Å². The Hall–Kier alpha value is -6.86. The first-order valence-corrected chi connectivity index (χ1v) is 44.7. The normalized spacial score (nSPS) is 29.9. The number of benzene rings is 6. The summed E-state index contributed by atoms with van der Waals surface area (Å²) in [7, 11) is -11.6. The Morgan fingerprint density at radius 2 is 1.06 bits per heavy atom. The molecule has 0 N–H and O–H groups in total. The summed E-state index contributed by atoms with van der Waals surface area (Å²) in [5.41, 5.74) is 3.17. The van der Waals surface area contributed by atoms with Crippen molar-refractivity contribution in [2.75, 3.05) is 13.2 Å². The molecule has 13 rings (SSSR count). The molecule has 8 bridgehead atoms. The zero-order chi connectivity index (χ0) is 76.3. The fourth-order valence-corrected chi connectivity index (χ4v) is 29.8. The molecule has 5 unspecified atom stereocenters. The van der Waals surface area contributed by atoms with Crippen molar-refractivity contribution >= 4 is 70.7 Å². The van der Waals surface area contributed by atoms with Gasteiger partial charge in [-0.25, -0.2) is 13.2 Å². The van der Waals surface area contributed by atoms with Crippen LogP contribution in [0.1, 0.15) is 163 Å². The Labute approximate surface area is 641 Å². The van der Waals surface area contributed by atoms with Crippen molar-refractivity contribution in [3.63, 3.8) is 0 Å². The number of Topliss-reactive ketones (excluding diaryl/α,β-unsaturated/α-hetero) is 2. The molecule has 0 amide bonds. The van der Waals surface area contributed by atoms with E-state index in [9.17, 15) is 9.59 Å². The van der Waals surface area contributed by atoms with Gasteiger partial charge in [-0.2, -0.15) is 0 Å². The molecule has 18 atom stereocenters. The Balaban J connectivity index is 0.934. The Bertz CT molecular complexity index is 4150. The summed E-state index contributed by atoms with van der Waals surface area (Å²) in [6.45, 7) is 26.2. The average Bonchev–Trinajstić information content (AvgIpc) is 1.39. The van der Waals surface area contributed by atoms with Crippen LogP contribution in [0.3, 0.4) is 0 Å². The summed E-state index contributed by atoms with van der Waals surface area (Å²) >= 11 is 0. The molecule has 7 aliphatic rings. The van der Waals surface area contributed by atoms with Gasteiger partial charge in [0.1, 0.15) is 48.2 Å². The molecule has 0 radical (unpaired) electrons. The van der Waals surface area contributed by atoms with Crippen LogP contribution in [0.5, 0.6) is 0 Å². The lowest BCUT2D eigenvalue weighted by molar-refractivity contribution is -0.254. The number of ketones is 2. The van der Waals surface area contributed by atoms with E-state index < -0.39 is 127 Å². The minimum atomic E-state index is -4.42. The van der Waals surface area contributed by atoms with Gasteiger partial charge in [-0.05, 0) is 142 Å². The van der Waals surface area contributed by atoms with Crippen LogP contribution in [0, 0.1) is 17.8 Å². The van der Waals surface area contributed by atoms with Crippen molar-refractivity contribution in [3.8, 4) is 0 Å². The third kappa shape index (κ3) is 16.7. The number of hydrogen-bond acceptors (Lipinski definition) is 16. The first-order valence-electron chi connectivity index (χ1n) is 39.3. The van der Waals surface area contributed by atoms with Crippen molar-refractivity contribution in [1.82, 2.24) is 0 Å². The predicted molar refractivity (Wildman–Crippen MR) is 421 cm³/mol. The molecule has 7 heterocycles. The second-order valence-corrected chi connectivity index (χ2v) is 44.1. The lowest BCUT2D eigenvalue weighted by atomic mass is 9.79. The van der Waals surface area contributed by atoms with E-state index in [0.717, 1.165) is 37.5 Å². The molecule has 6 aromatic rings. The van der Waals surface area contributed by atoms with Gasteiger partial charge in [-0.3, -0.25) is 14.4 Å². The van der Waals surface area contributed by atoms with Gasteiger partial charge in [0.15, 0.2) is 15.6 Å². The molecule has 19 heteroatoms. The lowest BCUT2D eigenvalue weighted by Gasteiger charge is -2.53. The second kappa shape index (κ2) is 33.6. The van der Waals surface area contributed by atoms with Crippen LogP contribution in [0.15, 0.2) is 210 Å². The Morgan fingerprint density at radius 3 is 1.62 bits per heavy atom. The maximum atomic E-state index is 16.4. The number of ether oxygens (including phenoxy) is 8. The first kappa shape index (κ1) is 79.2. The van der Waals surface area contributed by atoms with Crippen LogP contribution >= 0.6 is 0 Å². The van der Waals surface area contributed by atoms with Crippen molar-refractivity contribution in [3.05, 3.63) is 211 Å². The van der Waals surface area contributed by atoms with Crippen LogP contribution in [0.2, 0.25) is 10.1 Å². The summed E-state index contributed by atoms with van der Waals surface area (Å²) in [6, 6.07) is 58.7. The number of fused-ring (bicyclic) bond motifs is 7. The topological polar surface area (TPSA) is 195 Å². The van der Waals surface area contributed by atoms with Gasteiger partial charge in [0.25, 0.3) is 16.6 Å². The smallest absolute Gasteiger partial charge is 0.338 e. The molecule has 0 saturated carbocycles. The number of carbonyl (C=O) groups excluding carboxylic acids is 4. The summed E-state index contributed by atoms with van der Waals surface area (Å²) in [4.78, 5) is 58.3. The van der Waals surface area contributed by atoms with Crippen molar-refractivity contribution < 1.29 is 74.3 Å². The van der Waals surface area contributed by atoms with Crippen LogP contribution in [-0.2, 0) is 71.0 Å². The first-order chi connectivity index (χ1) is 51.8. The zero-order valence-corrected chi connectivity index (χ0v) is 67.3. The molecule has 0 aliphatic carbocycles. The molecule has 108 heavy (non-hydrogen) atoms. The Morgan fingerprint density at radius 1 is 0.546 bits per heavy atom. The van der Waals surface area contributed by atoms with E-state index in [1.807, 2.05) is 66.7 Å². The molecule has 7 aliphatic heterocycles. The molecule has 16 nitrogen and oxygen atoms in total. The highest BCUT2D eigenvalue weighted by atomic mass is 32.2. The van der Waals surface area contributed by atoms with E-state index in [-0.39, 0.29) is 91.9 Å². The molecule has 0 aromatic heterocycles. The van der Waals surface area contributed by atoms with Gasteiger partial charge >= 0.3 is 11.9 Å². The monoisotopic (exact) mass is 1520 g/mol. The molecular weight excluding hydrogens is 1410 g/mol. The van der Waals surface area contributed by atoms with Gasteiger partial charge < -0.3 is 46.7 Å². The molecule has 576 valence electrons. The summed E-state index contributed by atoms with van der Waals surface area (Å²) in [6.07, 6.45) is -5.98. The van der Waals surface area contributed by atoms with Crippen molar-refractivity contribution in [2.45, 2.75) is 258 Å². The molecule has 6 aromatic carbocycles. The molecule has 0 spiro atoms. The van der Waals surface area contributed by atoms with E-state index in [1.54, 1.807) is 49.4 Å². The SMILES string of the molecule is C=C1CC2CC(S(=O)(=O)c3ccccc3)C(=O)C[C@H]3O[C@H]4[C@@H](O[Si](c5ccccc5)(c5ccccc5)C(C)(C)C)[C@H]5O[C@H](CC[C@@H]5O[C@H]4[C@H]3O[Si](c3ccccc3)(c3ccccc3)C(C)(C)C)CC(=O)CC3[C@H](CC4O[C@@H](CCC1O2)CC(C)=C4COC(=O)CC)O[C@H](C[C@H](C)COC(=O)c1ccccc1)[C@@H]3C. The van der Waals surface area contributed by atoms with E-state index in [4.69, 9.17) is 46.7 Å².